The highest BCUT2D eigenvalue weighted by Crippen LogP contribution is 2.15. The average Bonchev–Trinajstić information content (AvgIpc) is 2.26. The number of aryl methyl sites for hydroxylation is 2. The Labute approximate surface area is 110 Å². The van der Waals surface area contributed by atoms with Crippen LogP contribution in [0.5, 0.6) is 0 Å². The molecule has 17 heavy (non-hydrogen) atoms. The van der Waals surface area contributed by atoms with Crippen molar-refractivity contribution < 1.29 is 0 Å². The highest BCUT2D eigenvalue weighted by atomic mass is 32.2. The van der Waals surface area contributed by atoms with E-state index in [1.807, 2.05) is 11.8 Å². The molecule has 0 aromatic heterocycles. The fourth-order valence-corrected chi connectivity index (χ4v) is 2.74. The lowest BCUT2D eigenvalue weighted by molar-refractivity contribution is 0.706. The van der Waals surface area contributed by atoms with Crippen molar-refractivity contribution in [2.45, 2.75) is 46.5 Å². The van der Waals surface area contributed by atoms with E-state index in [2.05, 4.69) is 44.3 Å². The lowest BCUT2D eigenvalue weighted by atomic mass is 10.1. The third-order valence-corrected chi connectivity index (χ3v) is 3.67. The van der Waals surface area contributed by atoms with E-state index in [0.717, 1.165) is 5.88 Å². The molecule has 96 valence electrons. The van der Waals surface area contributed by atoms with Crippen LogP contribution in [0.25, 0.3) is 0 Å². The van der Waals surface area contributed by atoms with Gasteiger partial charge in [0, 0.05) is 5.69 Å². The molecule has 2 heteroatoms. The van der Waals surface area contributed by atoms with Crippen LogP contribution >= 0.6 is 11.8 Å². The third-order valence-electron chi connectivity index (χ3n) is 2.74. The number of unbranched alkanes of at least 4 members (excludes halogenated alkanes) is 3. The second-order valence-corrected chi connectivity index (χ2v) is 5.77. The molecule has 1 N–H and O–H groups in total. The van der Waals surface area contributed by atoms with Gasteiger partial charge in [-0.25, -0.2) is 0 Å². The summed E-state index contributed by atoms with van der Waals surface area (Å²) < 4.78 is 0. The lowest BCUT2D eigenvalue weighted by Gasteiger charge is -2.08. The van der Waals surface area contributed by atoms with Gasteiger partial charge in [0.2, 0.25) is 0 Å². The van der Waals surface area contributed by atoms with E-state index in [4.69, 9.17) is 0 Å². The summed E-state index contributed by atoms with van der Waals surface area (Å²) in [5, 5.41) is 3.48. The summed E-state index contributed by atoms with van der Waals surface area (Å²) in [7, 11) is 0. The molecule has 0 spiro atoms. The first-order valence-corrected chi connectivity index (χ1v) is 7.77. The standard InChI is InChI=1S/C15H25NS/c1-4-5-6-7-8-17-12-16-15-10-13(2)9-14(3)11-15/h9-11,16H,4-8,12H2,1-3H3. The molecule has 0 amide bonds. The van der Waals surface area contributed by atoms with Gasteiger partial charge in [0.25, 0.3) is 0 Å². The molecule has 0 fully saturated rings. The molecule has 0 saturated carbocycles. The summed E-state index contributed by atoms with van der Waals surface area (Å²) in [6.45, 7) is 6.56. The Morgan fingerprint density at radius 2 is 1.71 bits per heavy atom. The van der Waals surface area contributed by atoms with E-state index in [1.165, 1.54) is 48.3 Å². The van der Waals surface area contributed by atoms with Crippen molar-refractivity contribution >= 4 is 17.4 Å². The van der Waals surface area contributed by atoms with Crippen molar-refractivity contribution in [3.05, 3.63) is 29.3 Å². The van der Waals surface area contributed by atoms with Crippen molar-refractivity contribution in [3.63, 3.8) is 0 Å². The molecule has 1 nitrogen and oxygen atoms in total. The Balaban J connectivity index is 2.13. The second kappa shape index (κ2) is 8.46. The van der Waals surface area contributed by atoms with Gasteiger partial charge in [0.15, 0.2) is 0 Å². The molecule has 0 heterocycles. The summed E-state index contributed by atoms with van der Waals surface area (Å²) in [4.78, 5) is 0. The Morgan fingerprint density at radius 1 is 1.00 bits per heavy atom. The zero-order valence-electron chi connectivity index (χ0n) is 11.4. The first-order chi connectivity index (χ1) is 8.22. The van der Waals surface area contributed by atoms with Gasteiger partial charge in [0.05, 0.1) is 5.88 Å². The lowest BCUT2D eigenvalue weighted by Crippen LogP contribution is -1.99. The maximum absolute atomic E-state index is 3.48. The molecule has 0 bridgehead atoms. The molecule has 0 radical (unpaired) electrons. The first kappa shape index (κ1) is 14.4. The van der Waals surface area contributed by atoms with Crippen LogP contribution in [0.4, 0.5) is 5.69 Å². The number of benzene rings is 1. The highest BCUT2D eigenvalue weighted by molar-refractivity contribution is 7.99. The molecule has 0 aliphatic rings. The molecule has 1 rings (SSSR count). The minimum absolute atomic E-state index is 1.02. The Kier molecular flexibility index (Phi) is 7.18. The fourth-order valence-electron chi connectivity index (χ4n) is 1.91. The predicted molar refractivity (Wildman–Crippen MR) is 81.0 cm³/mol. The smallest absolute Gasteiger partial charge is 0.0610 e. The average molecular weight is 251 g/mol. The van der Waals surface area contributed by atoms with E-state index < -0.39 is 0 Å². The van der Waals surface area contributed by atoms with Crippen LogP contribution in [-0.4, -0.2) is 11.6 Å². The van der Waals surface area contributed by atoms with Gasteiger partial charge in [0.1, 0.15) is 0 Å². The largest absolute Gasteiger partial charge is 0.376 e. The second-order valence-electron chi connectivity index (χ2n) is 4.67. The van der Waals surface area contributed by atoms with E-state index in [1.54, 1.807) is 0 Å². The van der Waals surface area contributed by atoms with Crippen molar-refractivity contribution in [1.82, 2.24) is 0 Å². The molecular weight excluding hydrogens is 226 g/mol. The molecule has 0 saturated heterocycles. The zero-order valence-corrected chi connectivity index (χ0v) is 12.2. The Bertz CT molecular complexity index is 302. The Morgan fingerprint density at radius 3 is 2.35 bits per heavy atom. The van der Waals surface area contributed by atoms with Crippen molar-refractivity contribution in [1.29, 1.82) is 0 Å². The van der Waals surface area contributed by atoms with Crippen molar-refractivity contribution in [2.24, 2.45) is 0 Å². The van der Waals surface area contributed by atoms with Crippen LogP contribution in [-0.2, 0) is 0 Å². The SMILES string of the molecule is CCCCCCSCNc1cc(C)cc(C)c1. The van der Waals surface area contributed by atoms with Crippen LogP contribution in [0.2, 0.25) is 0 Å². The minimum atomic E-state index is 1.02. The van der Waals surface area contributed by atoms with Crippen LogP contribution < -0.4 is 5.32 Å². The maximum atomic E-state index is 3.48. The molecule has 0 unspecified atom stereocenters. The summed E-state index contributed by atoms with van der Waals surface area (Å²) >= 11 is 2.00. The van der Waals surface area contributed by atoms with Crippen molar-refractivity contribution in [2.75, 3.05) is 16.9 Å². The first-order valence-electron chi connectivity index (χ1n) is 6.62. The Hall–Kier alpha value is -0.630. The van der Waals surface area contributed by atoms with Gasteiger partial charge in [-0.15, -0.1) is 11.8 Å². The van der Waals surface area contributed by atoms with E-state index in [9.17, 15) is 0 Å². The maximum Gasteiger partial charge on any atom is 0.0610 e. The predicted octanol–water partition coefficient (Wildman–Crippen LogP) is 4.99. The van der Waals surface area contributed by atoms with Crippen LogP contribution in [0.15, 0.2) is 18.2 Å². The van der Waals surface area contributed by atoms with Crippen LogP contribution in [0, 0.1) is 13.8 Å². The molecule has 0 aliphatic heterocycles. The summed E-state index contributed by atoms with van der Waals surface area (Å²) in [6.07, 6.45) is 5.44. The number of rotatable bonds is 8. The van der Waals surface area contributed by atoms with Crippen LogP contribution in [0.3, 0.4) is 0 Å². The van der Waals surface area contributed by atoms with E-state index in [-0.39, 0.29) is 0 Å². The van der Waals surface area contributed by atoms with Gasteiger partial charge in [-0.1, -0.05) is 32.3 Å². The topological polar surface area (TPSA) is 12.0 Å². The normalized spacial score (nSPS) is 10.5. The third kappa shape index (κ3) is 6.62. The quantitative estimate of drug-likeness (QED) is 0.516. The monoisotopic (exact) mass is 251 g/mol. The van der Waals surface area contributed by atoms with Crippen LogP contribution in [0.1, 0.15) is 43.7 Å². The van der Waals surface area contributed by atoms with Crippen molar-refractivity contribution in [3.8, 4) is 0 Å². The zero-order chi connectivity index (χ0) is 12.5. The molecular formula is C15H25NS. The number of hydrogen-bond donors (Lipinski definition) is 1. The number of anilines is 1. The van der Waals surface area contributed by atoms with Gasteiger partial charge in [-0.05, 0) is 49.3 Å². The van der Waals surface area contributed by atoms with Gasteiger partial charge < -0.3 is 5.32 Å². The number of hydrogen-bond acceptors (Lipinski definition) is 2. The van der Waals surface area contributed by atoms with E-state index in [0.29, 0.717) is 0 Å². The minimum Gasteiger partial charge on any atom is -0.376 e. The van der Waals surface area contributed by atoms with Gasteiger partial charge in [-0.2, -0.15) is 0 Å². The van der Waals surface area contributed by atoms with E-state index >= 15 is 0 Å². The summed E-state index contributed by atoms with van der Waals surface area (Å²) in [6, 6.07) is 6.64. The fraction of sp³-hybridized carbons (Fsp3) is 0.600. The summed E-state index contributed by atoms with van der Waals surface area (Å²) in [5.41, 5.74) is 3.92. The number of thioether (sulfide) groups is 1. The highest BCUT2D eigenvalue weighted by Gasteiger charge is 1.95. The molecule has 1 aromatic rings. The molecule has 1 aromatic carbocycles. The van der Waals surface area contributed by atoms with Gasteiger partial charge in [-0.3, -0.25) is 0 Å². The van der Waals surface area contributed by atoms with Gasteiger partial charge >= 0.3 is 0 Å². The molecule has 0 atom stereocenters. The number of nitrogens with one attached hydrogen (secondary N) is 1. The summed E-state index contributed by atoms with van der Waals surface area (Å²) in [5.74, 6) is 2.30. The molecule has 0 aliphatic carbocycles.